The van der Waals surface area contributed by atoms with E-state index in [1.165, 1.54) is 0 Å². The van der Waals surface area contributed by atoms with Gasteiger partial charge in [0.2, 0.25) is 0 Å². The van der Waals surface area contributed by atoms with E-state index in [4.69, 9.17) is 4.74 Å². The lowest BCUT2D eigenvalue weighted by Gasteiger charge is -2.19. The molecule has 182 valence electrons. The van der Waals surface area contributed by atoms with Crippen molar-refractivity contribution in [3.8, 4) is 11.5 Å². The quantitative estimate of drug-likeness (QED) is 0.315. The van der Waals surface area contributed by atoms with Gasteiger partial charge in [-0.15, -0.1) is 0 Å². The molecule has 0 aliphatic rings. The SMILES string of the molecule is C=C(COc1ccccc1)/C(=C/CO)C(O)CC/C(=C/c1cc(C)c(O)c(C)c1)c1ccccn1. The summed E-state index contributed by atoms with van der Waals surface area (Å²) in [5.74, 6) is 1.01. The Bertz CT molecular complexity index is 1160. The van der Waals surface area contributed by atoms with Crippen LogP contribution in [-0.4, -0.2) is 39.6 Å². The van der Waals surface area contributed by atoms with Crippen molar-refractivity contribution in [1.29, 1.82) is 0 Å². The van der Waals surface area contributed by atoms with Crippen LogP contribution in [0.1, 0.15) is 35.2 Å². The van der Waals surface area contributed by atoms with Gasteiger partial charge in [-0.05, 0) is 103 Å². The number of rotatable bonds is 11. The first kappa shape index (κ1) is 25.9. The lowest BCUT2D eigenvalue weighted by Crippen LogP contribution is -2.16. The fraction of sp³-hybridized carbons (Fsp3) is 0.233. The molecule has 0 spiro atoms. The van der Waals surface area contributed by atoms with Crippen LogP contribution in [0.25, 0.3) is 11.6 Å². The molecule has 35 heavy (non-hydrogen) atoms. The van der Waals surface area contributed by atoms with Gasteiger partial charge in [0, 0.05) is 6.20 Å². The summed E-state index contributed by atoms with van der Waals surface area (Å²) in [5.41, 5.74) is 5.54. The molecule has 3 rings (SSSR count). The molecule has 0 saturated carbocycles. The molecule has 1 unspecified atom stereocenters. The number of pyridine rings is 1. The number of phenols is 1. The second-order valence-corrected chi connectivity index (χ2v) is 8.49. The predicted octanol–water partition coefficient (Wildman–Crippen LogP) is 5.64. The zero-order valence-electron chi connectivity index (χ0n) is 20.3. The van der Waals surface area contributed by atoms with Gasteiger partial charge in [-0.1, -0.05) is 36.9 Å². The molecule has 3 N–H and O–H groups in total. The number of para-hydroxylation sites is 1. The lowest BCUT2D eigenvalue weighted by atomic mass is 9.94. The minimum Gasteiger partial charge on any atom is -0.507 e. The molecule has 0 amide bonds. The topological polar surface area (TPSA) is 82.8 Å². The van der Waals surface area contributed by atoms with Crippen LogP contribution in [0.2, 0.25) is 0 Å². The second kappa shape index (κ2) is 12.7. The van der Waals surface area contributed by atoms with E-state index >= 15 is 0 Å². The van der Waals surface area contributed by atoms with E-state index in [0.717, 1.165) is 28.0 Å². The van der Waals surface area contributed by atoms with Gasteiger partial charge < -0.3 is 20.1 Å². The Morgan fingerprint density at radius 1 is 1.06 bits per heavy atom. The Kier molecular flexibility index (Phi) is 9.41. The Labute approximate surface area is 207 Å². The maximum atomic E-state index is 11.0. The largest absolute Gasteiger partial charge is 0.507 e. The molecule has 0 fully saturated rings. The number of aryl methyl sites for hydroxylation is 2. The first-order valence-corrected chi connectivity index (χ1v) is 11.7. The van der Waals surface area contributed by atoms with Crippen LogP contribution in [0.5, 0.6) is 11.5 Å². The van der Waals surface area contributed by atoms with E-state index in [0.29, 0.717) is 35.5 Å². The van der Waals surface area contributed by atoms with Crippen molar-refractivity contribution in [2.24, 2.45) is 0 Å². The summed E-state index contributed by atoms with van der Waals surface area (Å²) in [7, 11) is 0. The van der Waals surface area contributed by atoms with Gasteiger partial charge in [0.25, 0.3) is 0 Å². The van der Waals surface area contributed by atoms with E-state index < -0.39 is 6.10 Å². The number of benzene rings is 2. The number of hydrogen-bond donors (Lipinski definition) is 3. The number of aliphatic hydroxyl groups is 2. The van der Waals surface area contributed by atoms with Gasteiger partial charge in [0.05, 0.1) is 18.4 Å². The second-order valence-electron chi connectivity index (χ2n) is 8.49. The van der Waals surface area contributed by atoms with E-state index in [1.807, 2.05) is 80.6 Å². The maximum absolute atomic E-state index is 11.0. The molecule has 5 nitrogen and oxygen atoms in total. The van der Waals surface area contributed by atoms with Gasteiger partial charge in [-0.3, -0.25) is 4.98 Å². The standard InChI is InChI=1S/C30H33NO4/c1-21-17-24(18-22(2)30(21)34)19-25(28-11-7-8-15-31-28)12-13-29(33)27(14-16-32)23(3)20-35-26-9-5-4-6-10-26/h4-11,14-15,17-19,29,32-34H,3,12-13,16,20H2,1-2H3/b25-19-,27-14-. The van der Waals surface area contributed by atoms with Crippen molar-refractivity contribution in [3.05, 3.63) is 113 Å². The van der Waals surface area contributed by atoms with Crippen LogP contribution in [0.3, 0.4) is 0 Å². The van der Waals surface area contributed by atoms with Crippen LogP contribution < -0.4 is 4.74 Å². The van der Waals surface area contributed by atoms with Gasteiger partial charge in [0.15, 0.2) is 0 Å². The summed E-state index contributed by atoms with van der Waals surface area (Å²) in [6.07, 6.45) is 5.49. The zero-order chi connectivity index (χ0) is 25.2. The number of ether oxygens (including phenoxy) is 1. The molecule has 1 aromatic heterocycles. The fourth-order valence-corrected chi connectivity index (χ4v) is 3.93. The average molecular weight is 472 g/mol. The molecule has 2 aromatic carbocycles. The van der Waals surface area contributed by atoms with Crippen molar-refractivity contribution in [3.63, 3.8) is 0 Å². The summed E-state index contributed by atoms with van der Waals surface area (Å²) in [6, 6.07) is 19.0. The third-order valence-electron chi connectivity index (χ3n) is 5.77. The number of nitrogens with zero attached hydrogens (tertiary/aromatic N) is 1. The molecule has 3 aromatic rings. The first-order valence-electron chi connectivity index (χ1n) is 11.7. The predicted molar refractivity (Wildman–Crippen MR) is 141 cm³/mol. The minimum atomic E-state index is -0.829. The van der Waals surface area contributed by atoms with Crippen LogP contribution in [0, 0.1) is 13.8 Å². The van der Waals surface area contributed by atoms with Gasteiger partial charge in [0.1, 0.15) is 18.1 Å². The summed E-state index contributed by atoms with van der Waals surface area (Å²) in [4.78, 5) is 4.50. The Balaban J connectivity index is 1.77. The highest BCUT2D eigenvalue weighted by Crippen LogP contribution is 2.29. The number of allylic oxidation sites excluding steroid dienone is 1. The number of aliphatic hydroxyl groups excluding tert-OH is 2. The molecule has 0 saturated heterocycles. The molecule has 0 radical (unpaired) electrons. The molecule has 0 aliphatic heterocycles. The highest BCUT2D eigenvalue weighted by molar-refractivity contribution is 5.80. The number of aromatic nitrogens is 1. The first-order chi connectivity index (χ1) is 16.9. The van der Waals surface area contributed by atoms with E-state index in [1.54, 1.807) is 12.3 Å². The van der Waals surface area contributed by atoms with Crippen molar-refractivity contribution in [1.82, 2.24) is 4.98 Å². The van der Waals surface area contributed by atoms with Crippen molar-refractivity contribution in [2.45, 2.75) is 32.8 Å². The van der Waals surface area contributed by atoms with Crippen LogP contribution in [0.15, 0.2) is 90.7 Å². The van der Waals surface area contributed by atoms with Crippen LogP contribution in [0.4, 0.5) is 0 Å². The van der Waals surface area contributed by atoms with E-state index in [-0.39, 0.29) is 13.2 Å². The smallest absolute Gasteiger partial charge is 0.121 e. The molecule has 1 atom stereocenters. The Hall–Kier alpha value is -3.67. The maximum Gasteiger partial charge on any atom is 0.121 e. The third-order valence-corrected chi connectivity index (χ3v) is 5.77. The van der Waals surface area contributed by atoms with E-state index in [2.05, 4.69) is 11.6 Å². The van der Waals surface area contributed by atoms with E-state index in [9.17, 15) is 15.3 Å². The Morgan fingerprint density at radius 2 is 1.74 bits per heavy atom. The molecular formula is C30H33NO4. The summed E-state index contributed by atoms with van der Waals surface area (Å²) < 4.78 is 5.78. The third kappa shape index (κ3) is 7.41. The molecule has 0 bridgehead atoms. The normalized spacial score (nSPS) is 12.9. The van der Waals surface area contributed by atoms with Gasteiger partial charge in [-0.2, -0.15) is 0 Å². The van der Waals surface area contributed by atoms with Crippen molar-refractivity contribution in [2.75, 3.05) is 13.2 Å². The zero-order valence-corrected chi connectivity index (χ0v) is 20.3. The average Bonchev–Trinajstić information content (AvgIpc) is 2.87. The van der Waals surface area contributed by atoms with Gasteiger partial charge in [-0.25, -0.2) is 0 Å². The minimum absolute atomic E-state index is 0.203. The summed E-state index contributed by atoms with van der Waals surface area (Å²) in [5, 5.41) is 30.7. The fourth-order valence-electron chi connectivity index (χ4n) is 3.93. The summed E-state index contributed by atoms with van der Waals surface area (Å²) in [6.45, 7) is 7.83. The Morgan fingerprint density at radius 3 is 2.37 bits per heavy atom. The number of aromatic hydroxyl groups is 1. The molecular weight excluding hydrogens is 438 g/mol. The highest BCUT2D eigenvalue weighted by Gasteiger charge is 2.16. The monoisotopic (exact) mass is 471 g/mol. The molecule has 1 heterocycles. The molecule has 0 aliphatic carbocycles. The van der Waals surface area contributed by atoms with Crippen molar-refractivity contribution >= 4 is 11.6 Å². The molecule has 5 heteroatoms. The highest BCUT2D eigenvalue weighted by atomic mass is 16.5. The van der Waals surface area contributed by atoms with Gasteiger partial charge >= 0.3 is 0 Å². The van der Waals surface area contributed by atoms with Crippen LogP contribution >= 0.6 is 0 Å². The summed E-state index contributed by atoms with van der Waals surface area (Å²) >= 11 is 0. The number of phenolic OH excluding ortho intramolecular Hbond substituents is 1. The number of hydrogen-bond acceptors (Lipinski definition) is 5. The van der Waals surface area contributed by atoms with Crippen molar-refractivity contribution < 1.29 is 20.1 Å². The lowest BCUT2D eigenvalue weighted by molar-refractivity contribution is 0.200. The van der Waals surface area contributed by atoms with Crippen LogP contribution in [-0.2, 0) is 0 Å².